The minimum atomic E-state index is -5.00. The van der Waals surface area contributed by atoms with E-state index in [4.69, 9.17) is 48.0 Å². The van der Waals surface area contributed by atoms with Crippen LogP contribution in [0.3, 0.4) is 0 Å². The number of allylic oxidation sites excluding steroid dienone is 1. The maximum Gasteiger partial charge on any atom is 0.449 e. The second-order valence-corrected chi connectivity index (χ2v) is 16.2. The summed E-state index contributed by atoms with van der Waals surface area (Å²) in [6, 6.07) is 0. The molecule has 7 saturated heterocycles. The van der Waals surface area contributed by atoms with Crippen LogP contribution in [0, 0.1) is 41.4 Å². The Morgan fingerprint density at radius 1 is 0.680 bits per heavy atom. The quantitative estimate of drug-likeness (QED) is 0.159. The normalized spacial score (nSPS) is 51.4. The van der Waals surface area contributed by atoms with Crippen molar-refractivity contribution in [2.45, 2.75) is 139 Å². The zero-order valence-electron chi connectivity index (χ0n) is 28.8. The van der Waals surface area contributed by atoms with E-state index in [9.17, 15) is 13.2 Å². The Bertz CT molecular complexity index is 1380. The van der Waals surface area contributed by atoms with Gasteiger partial charge in [0.15, 0.2) is 17.5 Å². The summed E-state index contributed by atoms with van der Waals surface area (Å²) in [7, 11) is 0. The van der Waals surface area contributed by atoms with Crippen molar-refractivity contribution in [1.29, 1.82) is 0 Å². The summed E-state index contributed by atoms with van der Waals surface area (Å²) in [5.41, 5.74) is -2.77. The molecule has 0 amide bonds. The number of hydrogen-bond acceptors (Lipinski definition) is 10. The largest absolute Gasteiger partial charge is 0.456 e. The summed E-state index contributed by atoms with van der Waals surface area (Å²) in [6.45, 7) is 7.08. The molecule has 2 spiro atoms. The number of fused-ring (bicyclic) bond motifs is 4. The molecule has 10 aliphatic rings. The number of ether oxygens (including phenoxy) is 6. The van der Waals surface area contributed by atoms with Crippen molar-refractivity contribution in [3.63, 3.8) is 0 Å². The molecule has 0 aromatic rings. The van der Waals surface area contributed by atoms with E-state index < -0.39 is 96.8 Å². The first-order valence-corrected chi connectivity index (χ1v) is 17.9. The minimum Gasteiger partial charge on any atom is -0.456 e. The van der Waals surface area contributed by atoms with Crippen LogP contribution in [0.25, 0.3) is 0 Å². The van der Waals surface area contributed by atoms with Gasteiger partial charge in [0.05, 0.1) is 19.8 Å². The third kappa shape index (κ3) is 5.01. The van der Waals surface area contributed by atoms with Gasteiger partial charge in [-0.05, 0) is 70.1 Å². The van der Waals surface area contributed by atoms with Crippen molar-refractivity contribution in [3.05, 3.63) is 11.3 Å². The van der Waals surface area contributed by atoms with Gasteiger partial charge < -0.3 is 28.4 Å². The van der Waals surface area contributed by atoms with E-state index in [1.54, 1.807) is 13.8 Å². The van der Waals surface area contributed by atoms with Gasteiger partial charge in [-0.3, -0.25) is 0 Å². The lowest BCUT2D eigenvalue weighted by atomic mass is 9.57. The maximum absolute atomic E-state index is 15.2. The third-order valence-electron chi connectivity index (χ3n) is 13.4. The van der Waals surface area contributed by atoms with Crippen molar-refractivity contribution in [3.8, 4) is 0 Å². The third-order valence-corrected chi connectivity index (χ3v) is 13.4. The summed E-state index contributed by atoms with van der Waals surface area (Å²) in [5.74, 6) is -9.77. The monoisotopic (exact) mass is 728 g/mol. The number of halogens is 6. The van der Waals surface area contributed by atoms with Crippen LogP contribution in [0.1, 0.15) is 86.0 Å². The van der Waals surface area contributed by atoms with Crippen molar-refractivity contribution < 1.29 is 74.3 Å². The minimum absolute atomic E-state index is 0.0954. The average molecular weight is 729 g/mol. The molecule has 10 rings (SSSR count). The molecule has 0 aromatic heterocycles. The van der Waals surface area contributed by atoms with E-state index in [1.165, 1.54) is 6.92 Å². The van der Waals surface area contributed by atoms with Crippen molar-refractivity contribution >= 4 is 0 Å². The van der Waals surface area contributed by atoms with Gasteiger partial charge in [0.25, 0.3) is 5.79 Å². The van der Waals surface area contributed by atoms with Crippen LogP contribution >= 0.6 is 0 Å². The van der Waals surface area contributed by atoms with E-state index >= 15 is 13.2 Å². The van der Waals surface area contributed by atoms with Gasteiger partial charge in [-0.25, -0.2) is 19.6 Å². The average Bonchev–Trinajstić information content (AvgIpc) is 3.41. The second-order valence-electron chi connectivity index (χ2n) is 16.2. The molecule has 4 unspecified atom stereocenters. The first-order valence-electron chi connectivity index (χ1n) is 17.9. The molecule has 2 saturated carbocycles. The lowest BCUT2D eigenvalue weighted by Crippen LogP contribution is -2.76. The highest BCUT2D eigenvalue weighted by Crippen LogP contribution is 2.65. The molecule has 2 aliphatic carbocycles. The Balaban J connectivity index is 1.03. The zero-order chi connectivity index (χ0) is 35.7. The van der Waals surface area contributed by atoms with E-state index in [1.807, 2.05) is 6.92 Å². The van der Waals surface area contributed by atoms with Crippen LogP contribution in [-0.4, -0.2) is 73.3 Å². The van der Waals surface area contributed by atoms with Crippen molar-refractivity contribution in [1.82, 2.24) is 0 Å². The fourth-order valence-corrected chi connectivity index (χ4v) is 10.8. The van der Waals surface area contributed by atoms with Crippen molar-refractivity contribution in [2.75, 3.05) is 19.8 Å². The summed E-state index contributed by atoms with van der Waals surface area (Å²) in [4.78, 5) is 23.4. The molecule has 9 fully saturated rings. The number of rotatable bonds is 6. The van der Waals surface area contributed by atoms with Crippen LogP contribution in [0.4, 0.5) is 26.3 Å². The first-order chi connectivity index (χ1) is 23.4. The standard InChI is InChI=1S/C34H46F6O10/c1-17-6-8-23-19(3)32(34(38,39)40,46-27-30(23)21(17)10-13-29(5,45-27)48-49-30)42-15-14-41-16-20-24-9-7-18(2)22-11-12-28(4)44-26(31(22,24)50-47-28)43-25(20)33(35,36)37/h17-19,21-24,26-27H,6-16H2,1-5H3/t17-,18-,19-,21?,22?,23+,24+,26-,27+,28+,29+,30?,31?,32-/m1/s1. The molecule has 10 nitrogen and oxygen atoms in total. The first kappa shape index (κ1) is 35.8. The lowest BCUT2D eigenvalue weighted by molar-refractivity contribution is -0.599. The topological polar surface area (TPSA) is 92.3 Å². The van der Waals surface area contributed by atoms with E-state index in [2.05, 4.69) is 6.92 Å². The molecular formula is C34H46F6O10. The molecule has 284 valence electrons. The zero-order valence-corrected chi connectivity index (χ0v) is 28.8. The van der Waals surface area contributed by atoms with Gasteiger partial charge in [-0.1, -0.05) is 20.8 Å². The molecule has 16 heteroatoms. The van der Waals surface area contributed by atoms with Gasteiger partial charge in [-0.2, -0.15) is 26.3 Å². The van der Waals surface area contributed by atoms with E-state index in [0.717, 1.165) is 0 Å². The predicted octanol–water partition coefficient (Wildman–Crippen LogP) is 7.22. The van der Waals surface area contributed by atoms with Crippen LogP contribution in [0.5, 0.6) is 0 Å². The molecule has 50 heavy (non-hydrogen) atoms. The summed E-state index contributed by atoms with van der Waals surface area (Å²) in [6.07, 6.45) is -8.55. The molecule has 0 N–H and O–H groups in total. The molecule has 8 heterocycles. The van der Waals surface area contributed by atoms with E-state index in [-0.39, 0.29) is 29.2 Å². The fraction of sp³-hybridized carbons (Fsp3) is 0.941. The number of hydrogen-bond donors (Lipinski definition) is 0. The molecule has 8 aliphatic heterocycles. The Morgan fingerprint density at radius 2 is 1.28 bits per heavy atom. The Morgan fingerprint density at radius 3 is 1.92 bits per heavy atom. The van der Waals surface area contributed by atoms with Crippen LogP contribution in [0.15, 0.2) is 11.3 Å². The SMILES string of the molecule is C[C@@H]1CC[C@H]2C(COCCO[C@@]3(C(F)(F)F)O[C@@H]4O[C@]5(C)CCC6[C@H](C)CC[C@@H]([C@H]3C)C64OO5)=C(C(F)(F)F)O[C@@H]3O[C@]4(C)CCC1C32OO4. The fourth-order valence-electron chi connectivity index (χ4n) is 10.8. The molecule has 0 radical (unpaired) electrons. The van der Waals surface area contributed by atoms with Gasteiger partial charge in [0.1, 0.15) is 0 Å². The number of alkyl halides is 6. The highest BCUT2D eigenvalue weighted by Gasteiger charge is 2.77. The lowest BCUT2D eigenvalue weighted by Gasteiger charge is -2.62. The second kappa shape index (κ2) is 11.6. The maximum atomic E-state index is 15.2. The summed E-state index contributed by atoms with van der Waals surface area (Å²) >= 11 is 0. The molecule has 0 aromatic carbocycles. The summed E-state index contributed by atoms with van der Waals surface area (Å²) < 4.78 is 124. The van der Waals surface area contributed by atoms with Crippen LogP contribution < -0.4 is 0 Å². The Hall–Kier alpha value is -1.24. The predicted molar refractivity (Wildman–Crippen MR) is 156 cm³/mol. The highest BCUT2D eigenvalue weighted by molar-refractivity contribution is 5.28. The summed E-state index contributed by atoms with van der Waals surface area (Å²) in [5, 5.41) is 0. The molecular weight excluding hydrogens is 682 g/mol. The Kier molecular flexibility index (Phi) is 8.32. The van der Waals surface area contributed by atoms with Gasteiger partial charge in [-0.15, -0.1) is 0 Å². The van der Waals surface area contributed by atoms with Crippen molar-refractivity contribution in [2.24, 2.45) is 41.4 Å². The van der Waals surface area contributed by atoms with Crippen LogP contribution in [-0.2, 0) is 48.0 Å². The smallest absolute Gasteiger partial charge is 0.449 e. The highest BCUT2D eigenvalue weighted by atomic mass is 19.4. The molecule has 4 bridgehead atoms. The Labute approximate surface area is 286 Å². The van der Waals surface area contributed by atoms with Gasteiger partial charge in [0, 0.05) is 42.1 Å². The van der Waals surface area contributed by atoms with Gasteiger partial charge >= 0.3 is 12.4 Å². The molecule has 14 atom stereocenters. The van der Waals surface area contributed by atoms with E-state index in [0.29, 0.717) is 51.4 Å². The van der Waals surface area contributed by atoms with Crippen LogP contribution in [0.2, 0.25) is 0 Å². The van der Waals surface area contributed by atoms with Gasteiger partial charge in [0.2, 0.25) is 23.6 Å².